The standard InChI is InChI=1S/C29H31N3O3/c1-19(2)22-7-6-8-23(15-22)29(4,5)31-28(34)30-24-13-14-26-25(16-24)32(27(33)18-35-26)17-21-11-9-20(3)10-12-21/h6-16H,1,17-18H2,2-5H3,(H2,30,31,34). The lowest BCUT2D eigenvalue weighted by atomic mass is 9.92. The van der Waals surface area contributed by atoms with Crippen LogP contribution in [0.15, 0.2) is 73.3 Å². The van der Waals surface area contributed by atoms with E-state index in [-0.39, 0.29) is 18.5 Å². The Morgan fingerprint density at radius 2 is 1.83 bits per heavy atom. The molecule has 0 atom stereocenters. The van der Waals surface area contributed by atoms with E-state index in [0.717, 1.165) is 27.8 Å². The maximum Gasteiger partial charge on any atom is 0.319 e. The van der Waals surface area contributed by atoms with Crippen molar-refractivity contribution in [3.05, 3.63) is 95.6 Å². The monoisotopic (exact) mass is 469 g/mol. The van der Waals surface area contributed by atoms with E-state index in [9.17, 15) is 9.59 Å². The summed E-state index contributed by atoms with van der Waals surface area (Å²) in [5.74, 6) is 0.484. The van der Waals surface area contributed by atoms with Crippen molar-refractivity contribution in [2.45, 2.75) is 39.8 Å². The minimum Gasteiger partial charge on any atom is -0.482 e. The molecule has 1 aliphatic rings. The maximum atomic E-state index is 12.9. The number of allylic oxidation sites excluding steroid dienone is 1. The second-order valence-corrected chi connectivity index (χ2v) is 9.50. The molecule has 0 radical (unpaired) electrons. The van der Waals surface area contributed by atoms with E-state index in [4.69, 9.17) is 4.74 Å². The van der Waals surface area contributed by atoms with Crippen LogP contribution in [0.4, 0.5) is 16.2 Å². The summed E-state index contributed by atoms with van der Waals surface area (Å²) in [6, 6.07) is 21.0. The molecule has 3 aromatic rings. The Hall–Kier alpha value is -4.06. The summed E-state index contributed by atoms with van der Waals surface area (Å²) >= 11 is 0. The third kappa shape index (κ3) is 5.54. The van der Waals surface area contributed by atoms with Crippen molar-refractivity contribution in [3.8, 4) is 5.75 Å². The fourth-order valence-corrected chi connectivity index (χ4v) is 4.02. The first-order valence-electron chi connectivity index (χ1n) is 11.6. The number of urea groups is 1. The number of nitrogens with zero attached hydrogens (tertiary/aromatic N) is 1. The van der Waals surface area contributed by atoms with Crippen LogP contribution in [-0.2, 0) is 16.9 Å². The molecule has 180 valence electrons. The van der Waals surface area contributed by atoms with Crippen LogP contribution in [0.2, 0.25) is 0 Å². The number of rotatable bonds is 6. The van der Waals surface area contributed by atoms with Gasteiger partial charge in [0.1, 0.15) is 5.75 Å². The van der Waals surface area contributed by atoms with Crippen LogP contribution in [0.1, 0.15) is 43.0 Å². The highest BCUT2D eigenvalue weighted by Gasteiger charge is 2.27. The molecule has 2 N–H and O–H groups in total. The fraction of sp³-hybridized carbons (Fsp3) is 0.241. The Labute approximate surface area is 206 Å². The van der Waals surface area contributed by atoms with E-state index < -0.39 is 5.54 Å². The number of carbonyl (C=O) groups excluding carboxylic acids is 2. The van der Waals surface area contributed by atoms with Crippen LogP contribution in [0.5, 0.6) is 5.75 Å². The van der Waals surface area contributed by atoms with Gasteiger partial charge in [0, 0.05) is 5.69 Å². The number of fused-ring (bicyclic) bond motifs is 1. The van der Waals surface area contributed by atoms with E-state index in [0.29, 0.717) is 23.7 Å². The van der Waals surface area contributed by atoms with Crippen molar-refractivity contribution >= 4 is 28.9 Å². The van der Waals surface area contributed by atoms with Gasteiger partial charge in [0.05, 0.1) is 17.8 Å². The lowest BCUT2D eigenvalue weighted by Crippen LogP contribution is -2.43. The third-order valence-electron chi connectivity index (χ3n) is 6.12. The van der Waals surface area contributed by atoms with Crippen molar-refractivity contribution in [1.29, 1.82) is 0 Å². The quantitative estimate of drug-likeness (QED) is 0.464. The predicted molar refractivity (Wildman–Crippen MR) is 141 cm³/mol. The molecule has 0 spiro atoms. The van der Waals surface area contributed by atoms with Crippen LogP contribution in [0.3, 0.4) is 0 Å². The fourth-order valence-electron chi connectivity index (χ4n) is 4.02. The zero-order valence-electron chi connectivity index (χ0n) is 20.6. The Kier molecular flexibility index (Phi) is 6.65. The summed E-state index contributed by atoms with van der Waals surface area (Å²) < 4.78 is 5.63. The topological polar surface area (TPSA) is 70.7 Å². The molecule has 4 rings (SSSR count). The molecule has 1 aliphatic heterocycles. The number of benzene rings is 3. The number of ether oxygens (including phenoxy) is 1. The Morgan fingerprint density at radius 3 is 2.54 bits per heavy atom. The van der Waals surface area contributed by atoms with E-state index in [2.05, 4.69) is 17.2 Å². The summed E-state index contributed by atoms with van der Waals surface area (Å²) in [5.41, 5.74) is 5.75. The smallest absolute Gasteiger partial charge is 0.319 e. The normalized spacial score (nSPS) is 13.0. The molecular weight excluding hydrogens is 438 g/mol. The first-order valence-corrected chi connectivity index (χ1v) is 11.6. The molecule has 35 heavy (non-hydrogen) atoms. The number of hydrogen-bond donors (Lipinski definition) is 2. The zero-order chi connectivity index (χ0) is 25.2. The minimum atomic E-state index is -0.611. The Balaban J connectivity index is 1.51. The van der Waals surface area contributed by atoms with Gasteiger partial charge in [0.2, 0.25) is 0 Å². The largest absolute Gasteiger partial charge is 0.482 e. The number of nitrogens with one attached hydrogen (secondary N) is 2. The molecule has 6 heteroatoms. The molecule has 0 aliphatic carbocycles. The van der Waals surface area contributed by atoms with Crippen molar-refractivity contribution < 1.29 is 14.3 Å². The van der Waals surface area contributed by atoms with E-state index in [1.54, 1.807) is 23.1 Å². The summed E-state index contributed by atoms with van der Waals surface area (Å²) in [6.45, 7) is 12.3. The Bertz CT molecular complexity index is 1280. The number of amides is 3. The van der Waals surface area contributed by atoms with E-state index in [1.807, 2.05) is 76.2 Å². The molecule has 6 nitrogen and oxygen atoms in total. The summed E-state index contributed by atoms with van der Waals surface area (Å²) in [7, 11) is 0. The van der Waals surface area contributed by atoms with Gasteiger partial charge in [-0.05, 0) is 68.7 Å². The number of aryl methyl sites for hydroxylation is 1. The van der Waals surface area contributed by atoms with E-state index >= 15 is 0 Å². The highest BCUT2D eigenvalue weighted by atomic mass is 16.5. The van der Waals surface area contributed by atoms with Gasteiger partial charge < -0.3 is 20.3 Å². The molecule has 0 bridgehead atoms. The van der Waals surface area contributed by atoms with Gasteiger partial charge in [0.15, 0.2) is 6.61 Å². The predicted octanol–water partition coefficient (Wildman–Crippen LogP) is 6.01. The lowest BCUT2D eigenvalue weighted by molar-refractivity contribution is -0.121. The minimum absolute atomic E-state index is 0.0104. The lowest BCUT2D eigenvalue weighted by Gasteiger charge is -2.30. The summed E-state index contributed by atoms with van der Waals surface area (Å²) in [5, 5.41) is 5.94. The molecule has 1 heterocycles. The van der Waals surface area contributed by atoms with Gasteiger partial charge in [-0.2, -0.15) is 0 Å². The second-order valence-electron chi connectivity index (χ2n) is 9.50. The zero-order valence-corrected chi connectivity index (χ0v) is 20.6. The van der Waals surface area contributed by atoms with Crippen LogP contribution < -0.4 is 20.3 Å². The van der Waals surface area contributed by atoms with Gasteiger partial charge in [-0.15, -0.1) is 0 Å². The van der Waals surface area contributed by atoms with Crippen LogP contribution in [0, 0.1) is 6.92 Å². The molecule has 0 aromatic heterocycles. The number of hydrogen-bond acceptors (Lipinski definition) is 3. The highest BCUT2D eigenvalue weighted by Crippen LogP contribution is 2.35. The van der Waals surface area contributed by atoms with Crippen LogP contribution >= 0.6 is 0 Å². The number of anilines is 2. The molecule has 3 aromatic carbocycles. The molecule has 0 unspecified atom stereocenters. The van der Waals surface area contributed by atoms with Gasteiger partial charge >= 0.3 is 6.03 Å². The average molecular weight is 470 g/mol. The first-order chi connectivity index (χ1) is 16.6. The maximum absolute atomic E-state index is 12.9. The number of carbonyl (C=O) groups is 2. The highest BCUT2D eigenvalue weighted by molar-refractivity contribution is 5.99. The summed E-state index contributed by atoms with van der Waals surface area (Å²) in [6.07, 6.45) is 0. The van der Waals surface area contributed by atoms with Crippen molar-refractivity contribution in [2.24, 2.45) is 0 Å². The third-order valence-corrected chi connectivity index (χ3v) is 6.12. The molecular formula is C29H31N3O3. The molecule has 0 fully saturated rings. The van der Waals surface area contributed by atoms with Crippen molar-refractivity contribution in [3.63, 3.8) is 0 Å². The van der Waals surface area contributed by atoms with Crippen molar-refractivity contribution in [2.75, 3.05) is 16.8 Å². The van der Waals surface area contributed by atoms with Gasteiger partial charge in [-0.25, -0.2) is 4.79 Å². The van der Waals surface area contributed by atoms with Crippen LogP contribution in [-0.4, -0.2) is 18.5 Å². The summed E-state index contributed by atoms with van der Waals surface area (Å²) in [4.78, 5) is 27.3. The van der Waals surface area contributed by atoms with Gasteiger partial charge in [0.25, 0.3) is 5.91 Å². The van der Waals surface area contributed by atoms with Crippen LogP contribution in [0.25, 0.3) is 5.57 Å². The van der Waals surface area contributed by atoms with E-state index in [1.165, 1.54) is 0 Å². The van der Waals surface area contributed by atoms with Gasteiger partial charge in [-0.3, -0.25) is 4.79 Å². The SMILES string of the molecule is C=C(C)c1cccc(C(C)(C)NC(=O)Nc2ccc3c(c2)N(Cc2ccc(C)cc2)C(=O)CO3)c1. The Morgan fingerprint density at radius 1 is 1.09 bits per heavy atom. The second kappa shape index (κ2) is 9.66. The van der Waals surface area contributed by atoms with Crippen molar-refractivity contribution in [1.82, 2.24) is 5.32 Å². The average Bonchev–Trinajstić information content (AvgIpc) is 2.82. The molecule has 0 saturated heterocycles. The first kappa shape index (κ1) is 24.1. The van der Waals surface area contributed by atoms with Gasteiger partial charge in [-0.1, -0.05) is 60.2 Å². The molecule has 3 amide bonds. The molecule has 0 saturated carbocycles.